The summed E-state index contributed by atoms with van der Waals surface area (Å²) in [6.45, 7) is 2.35. The third kappa shape index (κ3) is 4.71. The monoisotopic (exact) mass is 359 g/mol. The van der Waals surface area contributed by atoms with E-state index in [2.05, 4.69) is 15.0 Å². The zero-order valence-corrected chi connectivity index (χ0v) is 13.8. The molecule has 0 amide bonds. The highest BCUT2D eigenvalue weighted by atomic mass is 31.2. The molecule has 0 radical (unpaired) electrons. The molecule has 0 aliphatic heterocycles. The van der Waals surface area contributed by atoms with Gasteiger partial charge in [-0.1, -0.05) is 6.92 Å². The maximum atomic E-state index is 11.9. The SMILES string of the molecule is CCCOC(=O)c1nc(N)c2ncn(CCOCP(=O)(O)O)c2n1. The summed E-state index contributed by atoms with van der Waals surface area (Å²) in [6, 6.07) is 0. The first-order valence-electron chi connectivity index (χ1n) is 7.09. The van der Waals surface area contributed by atoms with Crippen molar-refractivity contribution in [2.45, 2.75) is 19.9 Å². The summed E-state index contributed by atoms with van der Waals surface area (Å²) in [6.07, 6.45) is 1.42. The molecule has 0 aromatic carbocycles. The Morgan fingerprint density at radius 1 is 1.38 bits per heavy atom. The van der Waals surface area contributed by atoms with Crippen LogP contribution in [0.5, 0.6) is 0 Å². The number of aromatic nitrogens is 4. The van der Waals surface area contributed by atoms with Gasteiger partial charge >= 0.3 is 13.6 Å². The minimum absolute atomic E-state index is 0.0239. The summed E-state index contributed by atoms with van der Waals surface area (Å²) in [5, 5.41) is 0. The number of hydrogen-bond donors (Lipinski definition) is 3. The van der Waals surface area contributed by atoms with E-state index < -0.39 is 19.9 Å². The molecule has 0 unspecified atom stereocenters. The van der Waals surface area contributed by atoms with E-state index in [1.165, 1.54) is 6.33 Å². The minimum Gasteiger partial charge on any atom is -0.460 e. The molecule has 24 heavy (non-hydrogen) atoms. The molecule has 0 bridgehead atoms. The van der Waals surface area contributed by atoms with E-state index in [1.807, 2.05) is 6.92 Å². The van der Waals surface area contributed by atoms with Crippen molar-refractivity contribution >= 4 is 30.5 Å². The van der Waals surface area contributed by atoms with Crippen LogP contribution in [0.3, 0.4) is 0 Å². The number of nitrogens with zero attached hydrogens (tertiary/aromatic N) is 4. The lowest BCUT2D eigenvalue weighted by Crippen LogP contribution is -2.13. The Balaban J connectivity index is 2.15. The van der Waals surface area contributed by atoms with Crippen LogP contribution in [0.2, 0.25) is 0 Å². The number of anilines is 1. The summed E-state index contributed by atoms with van der Waals surface area (Å²) in [7, 11) is -4.21. The molecule has 0 aliphatic rings. The normalized spacial score (nSPS) is 11.8. The van der Waals surface area contributed by atoms with Crippen molar-refractivity contribution in [2.24, 2.45) is 0 Å². The first kappa shape index (κ1) is 18.3. The van der Waals surface area contributed by atoms with Crippen LogP contribution in [0.1, 0.15) is 24.0 Å². The van der Waals surface area contributed by atoms with Gasteiger partial charge < -0.3 is 29.6 Å². The molecule has 0 fully saturated rings. The van der Waals surface area contributed by atoms with Gasteiger partial charge in [-0.15, -0.1) is 0 Å². The Morgan fingerprint density at radius 3 is 2.79 bits per heavy atom. The van der Waals surface area contributed by atoms with Crippen LogP contribution in [-0.2, 0) is 20.6 Å². The van der Waals surface area contributed by atoms with E-state index in [-0.39, 0.29) is 31.4 Å². The van der Waals surface area contributed by atoms with Crippen LogP contribution in [-0.4, -0.2) is 54.8 Å². The topological polar surface area (TPSA) is 163 Å². The summed E-state index contributed by atoms with van der Waals surface area (Å²) >= 11 is 0. The molecule has 0 aliphatic carbocycles. The van der Waals surface area contributed by atoms with Crippen LogP contribution >= 0.6 is 7.60 Å². The molecule has 0 atom stereocenters. The van der Waals surface area contributed by atoms with Gasteiger partial charge in [-0.05, 0) is 6.42 Å². The molecule has 0 saturated carbocycles. The standard InChI is InChI=1S/C12H18N5O6P/c1-2-4-23-12(18)10-15-9(13)8-11(16-10)17(6-14-8)3-5-22-7-24(19,20)21/h6H,2-5,7H2,1H3,(H2,13,15,16)(H2,19,20,21). The van der Waals surface area contributed by atoms with Gasteiger partial charge in [-0.25, -0.2) is 19.7 Å². The molecular formula is C12H18N5O6P. The number of rotatable bonds is 8. The van der Waals surface area contributed by atoms with E-state index in [0.29, 0.717) is 17.6 Å². The number of fused-ring (bicyclic) bond motifs is 1. The molecule has 2 heterocycles. The van der Waals surface area contributed by atoms with E-state index in [4.69, 9.17) is 25.0 Å². The van der Waals surface area contributed by atoms with Crippen LogP contribution < -0.4 is 5.73 Å². The van der Waals surface area contributed by atoms with E-state index in [1.54, 1.807) is 4.57 Å². The number of hydrogen-bond acceptors (Lipinski definition) is 8. The van der Waals surface area contributed by atoms with Crippen molar-refractivity contribution in [1.29, 1.82) is 0 Å². The second kappa shape index (κ2) is 7.67. The van der Waals surface area contributed by atoms with Gasteiger partial charge in [0.25, 0.3) is 0 Å². The number of carbonyl (C=O) groups excluding carboxylic acids is 1. The Labute approximate surface area is 137 Å². The van der Waals surface area contributed by atoms with Gasteiger partial charge in [-0.2, -0.15) is 0 Å². The number of ether oxygens (including phenoxy) is 2. The van der Waals surface area contributed by atoms with E-state index in [9.17, 15) is 9.36 Å². The number of nitrogens with two attached hydrogens (primary N) is 1. The lowest BCUT2D eigenvalue weighted by atomic mass is 10.4. The molecule has 0 spiro atoms. The number of nitrogen functional groups attached to an aromatic ring is 1. The van der Waals surface area contributed by atoms with Gasteiger partial charge in [-0.3, -0.25) is 4.57 Å². The number of carbonyl (C=O) groups is 1. The molecule has 2 rings (SSSR count). The van der Waals surface area contributed by atoms with Crippen LogP contribution in [0.15, 0.2) is 6.33 Å². The molecule has 4 N–H and O–H groups in total. The Hall–Kier alpha value is -2.07. The first-order valence-corrected chi connectivity index (χ1v) is 8.89. The van der Waals surface area contributed by atoms with Crippen molar-refractivity contribution in [3.05, 3.63) is 12.2 Å². The summed E-state index contributed by atoms with van der Waals surface area (Å²) < 4.78 is 22.1. The fourth-order valence-corrected chi connectivity index (χ4v) is 2.19. The average Bonchev–Trinajstić information content (AvgIpc) is 2.92. The average molecular weight is 359 g/mol. The fourth-order valence-electron chi connectivity index (χ4n) is 1.83. The molecule has 2 aromatic rings. The predicted molar refractivity (Wildman–Crippen MR) is 83.2 cm³/mol. The Kier molecular flexibility index (Phi) is 5.84. The van der Waals surface area contributed by atoms with Gasteiger partial charge in [0.1, 0.15) is 11.9 Å². The van der Waals surface area contributed by atoms with Crippen molar-refractivity contribution in [3.63, 3.8) is 0 Å². The molecule has 2 aromatic heterocycles. The Morgan fingerprint density at radius 2 is 2.12 bits per heavy atom. The third-order valence-corrected chi connectivity index (χ3v) is 3.37. The Bertz CT molecular complexity index is 773. The van der Waals surface area contributed by atoms with Crippen molar-refractivity contribution < 1.29 is 28.6 Å². The minimum atomic E-state index is -4.21. The lowest BCUT2D eigenvalue weighted by molar-refractivity contribution is 0.0491. The lowest BCUT2D eigenvalue weighted by Gasteiger charge is -2.07. The second-order valence-corrected chi connectivity index (χ2v) is 6.47. The van der Waals surface area contributed by atoms with Crippen molar-refractivity contribution in [2.75, 3.05) is 25.3 Å². The quantitative estimate of drug-likeness (QED) is 0.335. The largest absolute Gasteiger partial charge is 0.460 e. The molecule has 12 heteroatoms. The predicted octanol–water partition coefficient (Wildman–Crippen LogP) is 0.127. The highest BCUT2D eigenvalue weighted by Gasteiger charge is 2.17. The third-order valence-electron chi connectivity index (χ3n) is 2.85. The molecular weight excluding hydrogens is 341 g/mol. The van der Waals surface area contributed by atoms with Crippen molar-refractivity contribution in [3.8, 4) is 0 Å². The number of esters is 1. The van der Waals surface area contributed by atoms with Gasteiger partial charge in [0.15, 0.2) is 11.5 Å². The summed E-state index contributed by atoms with van der Waals surface area (Å²) in [5.74, 6) is -0.819. The summed E-state index contributed by atoms with van der Waals surface area (Å²) in [5.41, 5.74) is 6.41. The van der Waals surface area contributed by atoms with Gasteiger partial charge in [0.05, 0.1) is 19.5 Å². The second-order valence-electron chi connectivity index (χ2n) is 4.88. The zero-order valence-electron chi connectivity index (χ0n) is 13.0. The molecule has 132 valence electrons. The number of imidazole rings is 1. The zero-order chi connectivity index (χ0) is 17.7. The van der Waals surface area contributed by atoms with Crippen LogP contribution in [0, 0.1) is 0 Å². The fraction of sp³-hybridized carbons (Fsp3) is 0.500. The summed E-state index contributed by atoms with van der Waals surface area (Å²) in [4.78, 5) is 41.4. The van der Waals surface area contributed by atoms with Gasteiger partial charge in [0.2, 0.25) is 5.82 Å². The van der Waals surface area contributed by atoms with Gasteiger partial charge in [0, 0.05) is 6.54 Å². The van der Waals surface area contributed by atoms with Crippen molar-refractivity contribution in [1.82, 2.24) is 19.5 Å². The van der Waals surface area contributed by atoms with E-state index >= 15 is 0 Å². The van der Waals surface area contributed by atoms with Crippen LogP contribution in [0.4, 0.5) is 5.82 Å². The highest BCUT2D eigenvalue weighted by molar-refractivity contribution is 7.51. The first-order chi connectivity index (χ1) is 11.3. The maximum absolute atomic E-state index is 11.9. The van der Waals surface area contributed by atoms with E-state index in [0.717, 1.165) is 0 Å². The highest BCUT2D eigenvalue weighted by Crippen LogP contribution is 2.33. The molecule has 11 nitrogen and oxygen atoms in total. The smallest absolute Gasteiger partial charge is 0.376 e. The molecule has 0 saturated heterocycles. The van der Waals surface area contributed by atoms with Crippen LogP contribution in [0.25, 0.3) is 11.2 Å². The maximum Gasteiger partial charge on any atom is 0.376 e.